The number of amides is 1. The Kier molecular flexibility index (Phi) is 2.87. The Labute approximate surface area is 94.2 Å². The van der Waals surface area contributed by atoms with E-state index in [1.807, 2.05) is 6.92 Å². The first-order valence-electron chi connectivity index (χ1n) is 5.49. The number of hydrogen-bond donors (Lipinski definition) is 3. The van der Waals surface area contributed by atoms with E-state index in [0.29, 0.717) is 24.5 Å². The maximum atomic E-state index is 12.0. The molecule has 5 heteroatoms. The number of anilines is 1. The number of piperidine rings is 1. The molecule has 0 saturated carbocycles. The zero-order valence-corrected chi connectivity index (χ0v) is 9.31. The van der Waals surface area contributed by atoms with Crippen molar-refractivity contribution in [2.75, 3.05) is 18.8 Å². The van der Waals surface area contributed by atoms with E-state index < -0.39 is 6.10 Å². The first-order chi connectivity index (χ1) is 7.58. The number of rotatable bonds is 1. The van der Waals surface area contributed by atoms with E-state index in [1.165, 1.54) is 0 Å². The molecule has 4 N–H and O–H groups in total. The molecule has 5 nitrogen and oxygen atoms in total. The minimum atomic E-state index is -0.426. The van der Waals surface area contributed by atoms with Gasteiger partial charge in [-0.3, -0.25) is 4.79 Å². The highest BCUT2D eigenvalue weighted by Crippen LogP contribution is 2.19. The Morgan fingerprint density at radius 1 is 1.69 bits per heavy atom. The van der Waals surface area contributed by atoms with E-state index in [9.17, 15) is 9.90 Å². The smallest absolute Gasteiger partial charge is 0.270 e. The zero-order chi connectivity index (χ0) is 11.7. The molecule has 1 aliphatic heterocycles. The van der Waals surface area contributed by atoms with Crippen LogP contribution in [0.2, 0.25) is 0 Å². The molecule has 2 unspecified atom stereocenters. The van der Waals surface area contributed by atoms with Crippen LogP contribution in [0.3, 0.4) is 0 Å². The average Bonchev–Trinajstić information content (AvgIpc) is 2.68. The summed E-state index contributed by atoms with van der Waals surface area (Å²) in [6, 6.07) is 1.62. The topological polar surface area (TPSA) is 82.3 Å². The van der Waals surface area contributed by atoms with Crippen molar-refractivity contribution in [2.24, 2.45) is 5.92 Å². The molecule has 0 aromatic carbocycles. The van der Waals surface area contributed by atoms with Crippen LogP contribution in [0.5, 0.6) is 0 Å². The molecular formula is C11H17N3O2. The van der Waals surface area contributed by atoms with Crippen LogP contribution >= 0.6 is 0 Å². The van der Waals surface area contributed by atoms with Crippen molar-refractivity contribution in [3.8, 4) is 0 Å². The van der Waals surface area contributed by atoms with Crippen LogP contribution < -0.4 is 5.73 Å². The van der Waals surface area contributed by atoms with Crippen molar-refractivity contribution in [1.82, 2.24) is 9.88 Å². The average molecular weight is 223 g/mol. The minimum absolute atomic E-state index is 0.0948. The monoisotopic (exact) mass is 223 g/mol. The van der Waals surface area contributed by atoms with Gasteiger partial charge in [0.15, 0.2) is 0 Å². The van der Waals surface area contributed by atoms with Gasteiger partial charge in [-0.15, -0.1) is 0 Å². The van der Waals surface area contributed by atoms with E-state index in [2.05, 4.69) is 4.98 Å². The molecule has 2 atom stereocenters. The van der Waals surface area contributed by atoms with Crippen LogP contribution in [0, 0.1) is 5.92 Å². The molecule has 0 bridgehead atoms. The quantitative estimate of drug-likeness (QED) is 0.646. The van der Waals surface area contributed by atoms with Crippen LogP contribution in [-0.2, 0) is 0 Å². The Balaban J connectivity index is 2.06. The number of aromatic nitrogens is 1. The van der Waals surface area contributed by atoms with Crippen molar-refractivity contribution in [2.45, 2.75) is 19.4 Å². The summed E-state index contributed by atoms with van der Waals surface area (Å²) in [7, 11) is 0. The number of aliphatic hydroxyl groups excluding tert-OH is 1. The van der Waals surface area contributed by atoms with Gasteiger partial charge in [0.25, 0.3) is 5.91 Å². The van der Waals surface area contributed by atoms with Gasteiger partial charge >= 0.3 is 0 Å². The molecule has 1 aromatic heterocycles. The number of aromatic amines is 1. The highest BCUT2D eigenvalue weighted by atomic mass is 16.3. The number of nitrogens with one attached hydrogen (secondary N) is 1. The van der Waals surface area contributed by atoms with Gasteiger partial charge in [-0.25, -0.2) is 0 Å². The van der Waals surface area contributed by atoms with Crippen LogP contribution in [0.15, 0.2) is 12.3 Å². The molecule has 1 fully saturated rings. The molecule has 0 aliphatic carbocycles. The van der Waals surface area contributed by atoms with Crippen LogP contribution in [0.4, 0.5) is 5.69 Å². The molecule has 16 heavy (non-hydrogen) atoms. The number of aliphatic hydroxyl groups is 1. The Bertz CT molecular complexity index is 388. The van der Waals surface area contributed by atoms with Crippen LogP contribution in [-0.4, -0.2) is 40.1 Å². The van der Waals surface area contributed by atoms with Crippen molar-refractivity contribution >= 4 is 11.6 Å². The van der Waals surface area contributed by atoms with E-state index in [4.69, 9.17) is 5.73 Å². The Morgan fingerprint density at radius 2 is 2.44 bits per heavy atom. The predicted octanol–water partition coefficient (Wildman–Crippen LogP) is 0.440. The lowest BCUT2D eigenvalue weighted by Crippen LogP contribution is -2.45. The number of carbonyl (C=O) groups excluding carboxylic acids is 1. The number of H-pyrrole nitrogens is 1. The summed E-state index contributed by atoms with van der Waals surface area (Å²) in [6.07, 6.45) is 2.00. The van der Waals surface area contributed by atoms with Gasteiger partial charge < -0.3 is 20.7 Å². The van der Waals surface area contributed by atoms with Gasteiger partial charge in [0.05, 0.1) is 6.10 Å². The summed E-state index contributed by atoms with van der Waals surface area (Å²) >= 11 is 0. The number of hydrogen-bond acceptors (Lipinski definition) is 3. The zero-order valence-electron chi connectivity index (χ0n) is 9.31. The third kappa shape index (κ3) is 2.04. The normalized spacial score (nSPS) is 25.8. The van der Waals surface area contributed by atoms with Crippen molar-refractivity contribution in [1.29, 1.82) is 0 Å². The fourth-order valence-electron chi connectivity index (χ4n) is 1.94. The summed E-state index contributed by atoms with van der Waals surface area (Å²) in [4.78, 5) is 16.5. The number of nitrogens with two attached hydrogens (primary N) is 1. The highest BCUT2D eigenvalue weighted by Gasteiger charge is 2.28. The highest BCUT2D eigenvalue weighted by molar-refractivity contribution is 5.93. The summed E-state index contributed by atoms with van der Waals surface area (Å²) in [5.74, 6) is 0.167. The molecule has 2 heterocycles. The number of likely N-dealkylation sites (tertiary alicyclic amines) is 1. The van der Waals surface area contributed by atoms with Crippen molar-refractivity contribution in [3.63, 3.8) is 0 Å². The Morgan fingerprint density at radius 3 is 3.00 bits per heavy atom. The number of carbonyl (C=O) groups is 1. The van der Waals surface area contributed by atoms with Crippen LogP contribution in [0.25, 0.3) is 0 Å². The number of nitrogen functional groups attached to an aromatic ring is 1. The van der Waals surface area contributed by atoms with E-state index in [0.717, 1.165) is 6.42 Å². The third-order valence-electron chi connectivity index (χ3n) is 3.14. The molecule has 1 aromatic rings. The second kappa shape index (κ2) is 4.17. The van der Waals surface area contributed by atoms with Gasteiger partial charge in [-0.05, 0) is 18.4 Å². The largest absolute Gasteiger partial charge is 0.397 e. The van der Waals surface area contributed by atoms with Gasteiger partial charge in [-0.2, -0.15) is 0 Å². The molecule has 2 rings (SSSR count). The minimum Gasteiger partial charge on any atom is -0.397 e. The standard InChI is InChI=1S/C11H17N3O2/c1-7-2-3-14(6-10(7)15)11(16)9-4-8(12)5-13-9/h4-5,7,10,13,15H,2-3,6,12H2,1H3. The Hall–Kier alpha value is -1.49. The van der Waals surface area contributed by atoms with Gasteiger partial charge in [0.1, 0.15) is 5.69 Å². The first kappa shape index (κ1) is 11.0. The molecular weight excluding hydrogens is 206 g/mol. The van der Waals surface area contributed by atoms with Crippen molar-refractivity contribution < 1.29 is 9.90 Å². The third-order valence-corrected chi connectivity index (χ3v) is 3.14. The van der Waals surface area contributed by atoms with E-state index in [-0.39, 0.29) is 11.8 Å². The van der Waals surface area contributed by atoms with Gasteiger partial charge in [0.2, 0.25) is 0 Å². The predicted molar refractivity (Wildman–Crippen MR) is 60.9 cm³/mol. The lowest BCUT2D eigenvalue weighted by atomic mass is 9.96. The maximum Gasteiger partial charge on any atom is 0.270 e. The summed E-state index contributed by atoms with van der Waals surface area (Å²) in [6.45, 7) is 3.09. The fraction of sp³-hybridized carbons (Fsp3) is 0.545. The maximum absolute atomic E-state index is 12.0. The first-order valence-corrected chi connectivity index (χ1v) is 5.49. The second-order valence-electron chi connectivity index (χ2n) is 4.43. The van der Waals surface area contributed by atoms with Gasteiger partial charge in [-0.1, -0.05) is 6.92 Å². The van der Waals surface area contributed by atoms with Gasteiger partial charge in [0, 0.05) is 25.0 Å². The lowest BCUT2D eigenvalue weighted by molar-refractivity contribution is 0.0245. The summed E-state index contributed by atoms with van der Waals surface area (Å²) in [5, 5.41) is 9.72. The molecule has 0 radical (unpaired) electrons. The summed E-state index contributed by atoms with van der Waals surface area (Å²) < 4.78 is 0. The molecule has 0 spiro atoms. The van der Waals surface area contributed by atoms with Crippen LogP contribution in [0.1, 0.15) is 23.8 Å². The SMILES string of the molecule is CC1CCN(C(=O)c2cc(N)c[nH]2)CC1O. The fourth-order valence-corrected chi connectivity index (χ4v) is 1.94. The summed E-state index contributed by atoms with van der Waals surface area (Å²) in [5.41, 5.74) is 6.58. The lowest BCUT2D eigenvalue weighted by Gasteiger charge is -2.34. The number of β-amino-alcohol motifs (C(OH)–C–C–N with tert-alkyl or cyclic N) is 1. The molecule has 1 aliphatic rings. The molecule has 1 amide bonds. The number of nitrogens with zero attached hydrogens (tertiary/aromatic N) is 1. The second-order valence-corrected chi connectivity index (χ2v) is 4.43. The molecule has 1 saturated heterocycles. The van der Waals surface area contributed by atoms with Crippen molar-refractivity contribution in [3.05, 3.63) is 18.0 Å². The van der Waals surface area contributed by atoms with E-state index >= 15 is 0 Å². The molecule has 88 valence electrons. The van der Waals surface area contributed by atoms with E-state index in [1.54, 1.807) is 17.2 Å².